The van der Waals surface area contributed by atoms with Crippen LogP contribution in [0.15, 0.2) is 0 Å². The Morgan fingerprint density at radius 3 is 2.29 bits per heavy atom. The summed E-state index contributed by atoms with van der Waals surface area (Å²) in [4.78, 5) is 0. The molecule has 1 unspecified atom stereocenters. The van der Waals surface area contributed by atoms with Crippen molar-refractivity contribution >= 4 is 0 Å². The standard InChI is InChI=1S/C14H29NO2/c1-5-15-13(11-17-12(2)3)14(16-4)9-7-6-8-10-14/h12-13,15H,5-11H2,1-4H3. The van der Waals surface area contributed by atoms with Gasteiger partial charge in [0.05, 0.1) is 24.4 Å². The Morgan fingerprint density at radius 1 is 1.18 bits per heavy atom. The third-order valence-electron chi connectivity index (χ3n) is 3.79. The summed E-state index contributed by atoms with van der Waals surface area (Å²) in [5, 5.41) is 3.55. The molecule has 102 valence electrons. The molecule has 17 heavy (non-hydrogen) atoms. The van der Waals surface area contributed by atoms with Crippen LogP contribution in [0, 0.1) is 0 Å². The molecule has 0 heterocycles. The van der Waals surface area contributed by atoms with Gasteiger partial charge >= 0.3 is 0 Å². The quantitative estimate of drug-likeness (QED) is 0.746. The lowest BCUT2D eigenvalue weighted by molar-refractivity contribution is -0.0914. The molecular formula is C14H29NO2. The summed E-state index contributed by atoms with van der Waals surface area (Å²) >= 11 is 0. The minimum absolute atomic E-state index is 0.0108. The van der Waals surface area contributed by atoms with Gasteiger partial charge in [-0.25, -0.2) is 0 Å². The van der Waals surface area contributed by atoms with Crippen LogP contribution >= 0.6 is 0 Å². The van der Waals surface area contributed by atoms with Gasteiger partial charge in [0, 0.05) is 7.11 Å². The Bertz CT molecular complexity index is 200. The minimum atomic E-state index is -0.0108. The molecule has 0 aromatic heterocycles. The number of hydrogen-bond acceptors (Lipinski definition) is 3. The number of hydrogen-bond donors (Lipinski definition) is 1. The van der Waals surface area contributed by atoms with Crippen LogP contribution in [0.5, 0.6) is 0 Å². The third-order valence-corrected chi connectivity index (χ3v) is 3.79. The van der Waals surface area contributed by atoms with E-state index >= 15 is 0 Å². The predicted molar refractivity (Wildman–Crippen MR) is 71.4 cm³/mol. The van der Waals surface area contributed by atoms with Gasteiger partial charge in [0.1, 0.15) is 0 Å². The Hall–Kier alpha value is -0.120. The summed E-state index contributed by atoms with van der Waals surface area (Å²) in [7, 11) is 1.85. The zero-order valence-corrected chi connectivity index (χ0v) is 11.9. The molecular weight excluding hydrogens is 214 g/mol. The lowest BCUT2D eigenvalue weighted by atomic mass is 9.79. The van der Waals surface area contributed by atoms with Crippen molar-refractivity contribution < 1.29 is 9.47 Å². The number of ether oxygens (including phenoxy) is 2. The molecule has 3 heteroatoms. The van der Waals surface area contributed by atoms with E-state index in [1.54, 1.807) is 0 Å². The first kappa shape index (κ1) is 14.9. The van der Waals surface area contributed by atoms with Crippen LogP contribution in [0.4, 0.5) is 0 Å². The molecule has 1 N–H and O–H groups in total. The molecule has 1 aliphatic rings. The summed E-state index contributed by atoms with van der Waals surface area (Å²) in [5.41, 5.74) is -0.0108. The van der Waals surface area contributed by atoms with E-state index in [0.717, 1.165) is 26.0 Å². The van der Waals surface area contributed by atoms with Crippen molar-refractivity contribution in [3.05, 3.63) is 0 Å². The van der Waals surface area contributed by atoms with Crippen molar-refractivity contribution in [2.24, 2.45) is 0 Å². The fraction of sp³-hybridized carbons (Fsp3) is 1.00. The Kier molecular flexibility index (Phi) is 6.45. The van der Waals surface area contributed by atoms with Crippen molar-refractivity contribution in [3.63, 3.8) is 0 Å². The summed E-state index contributed by atoms with van der Waals surface area (Å²) in [5.74, 6) is 0. The first-order chi connectivity index (χ1) is 8.14. The van der Waals surface area contributed by atoms with Crippen molar-refractivity contribution in [2.45, 2.75) is 70.6 Å². The lowest BCUT2D eigenvalue weighted by Gasteiger charge is -2.43. The minimum Gasteiger partial charge on any atom is -0.377 e. The van der Waals surface area contributed by atoms with E-state index in [1.165, 1.54) is 19.3 Å². The Balaban J connectivity index is 2.63. The monoisotopic (exact) mass is 243 g/mol. The number of likely N-dealkylation sites (N-methyl/N-ethyl adjacent to an activating group) is 1. The third kappa shape index (κ3) is 4.23. The van der Waals surface area contributed by atoms with Gasteiger partial charge in [0.15, 0.2) is 0 Å². The SMILES string of the molecule is CCNC(COC(C)C)C1(OC)CCCCC1. The zero-order chi connectivity index (χ0) is 12.7. The van der Waals surface area contributed by atoms with E-state index < -0.39 is 0 Å². The Labute approximate surface area is 106 Å². The predicted octanol–water partition coefficient (Wildman–Crippen LogP) is 2.74. The van der Waals surface area contributed by atoms with Crippen LogP contribution in [0.3, 0.4) is 0 Å². The molecule has 0 aromatic carbocycles. The van der Waals surface area contributed by atoms with E-state index in [0.29, 0.717) is 6.04 Å². The smallest absolute Gasteiger partial charge is 0.0853 e. The van der Waals surface area contributed by atoms with Crippen LogP contribution in [-0.2, 0) is 9.47 Å². The molecule has 1 fully saturated rings. The Morgan fingerprint density at radius 2 is 1.82 bits per heavy atom. The van der Waals surface area contributed by atoms with E-state index in [2.05, 4.69) is 26.1 Å². The van der Waals surface area contributed by atoms with Gasteiger partial charge in [0.25, 0.3) is 0 Å². The molecule has 0 aliphatic heterocycles. The molecule has 0 aromatic rings. The van der Waals surface area contributed by atoms with E-state index in [1.807, 2.05) is 7.11 Å². The number of rotatable bonds is 7. The van der Waals surface area contributed by atoms with Gasteiger partial charge in [-0.15, -0.1) is 0 Å². The van der Waals surface area contributed by atoms with Crippen LogP contribution < -0.4 is 5.32 Å². The van der Waals surface area contributed by atoms with Crippen LogP contribution in [0.2, 0.25) is 0 Å². The second-order valence-corrected chi connectivity index (χ2v) is 5.32. The van der Waals surface area contributed by atoms with Gasteiger partial charge < -0.3 is 14.8 Å². The molecule has 1 saturated carbocycles. The van der Waals surface area contributed by atoms with Gasteiger partial charge in [-0.3, -0.25) is 0 Å². The highest BCUT2D eigenvalue weighted by molar-refractivity contribution is 4.95. The van der Waals surface area contributed by atoms with Crippen LogP contribution in [0.1, 0.15) is 52.9 Å². The molecule has 0 amide bonds. The normalized spacial score (nSPS) is 21.7. The zero-order valence-electron chi connectivity index (χ0n) is 11.9. The van der Waals surface area contributed by atoms with Crippen molar-refractivity contribution in [3.8, 4) is 0 Å². The summed E-state index contributed by atoms with van der Waals surface area (Å²) in [6.45, 7) is 8.04. The van der Waals surface area contributed by atoms with Gasteiger partial charge in [-0.05, 0) is 33.2 Å². The topological polar surface area (TPSA) is 30.5 Å². The van der Waals surface area contributed by atoms with Crippen molar-refractivity contribution in [2.75, 3.05) is 20.3 Å². The molecule has 0 saturated heterocycles. The fourth-order valence-electron chi connectivity index (χ4n) is 2.78. The molecule has 3 nitrogen and oxygen atoms in total. The molecule has 0 bridgehead atoms. The second-order valence-electron chi connectivity index (χ2n) is 5.32. The average molecular weight is 243 g/mol. The maximum absolute atomic E-state index is 5.88. The maximum Gasteiger partial charge on any atom is 0.0853 e. The maximum atomic E-state index is 5.88. The molecule has 0 radical (unpaired) electrons. The number of methoxy groups -OCH3 is 1. The molecule has 0 spiro atoms. The molecule has 1 atom stereocenters. The van der Waals surface area contributed by atoms with Gasteiger partial charge in [-0.2, -0.15) is 0 Å². The lowest BCUT2D eigenvalue weighted by Crippen LogP contribution is -2.55. The highest BCUT2D eigenvalue weighted by Crippen LogP contribution is 2.34. The first-order valence-electron chi connectivity index (χ1n) is 7.04. The highest BCUT2D eigenvalue weighted by Gasteiger charge is 2.39. The van der Waals surface area contributed by atoms with E-state index in [-0.39, 0.29) is 11.7 Å². The highest BCUT2D eigenvalue weighted by atomic mass is 16.5. The fourth-order valence-corrected chi connectivity index (χ4v) is 2.78. The van der Waals surface area contributed by atoms with E-state index in [4.69, 9.17) is 9.47 Å². The molecule has 1 aliphatic carbocycles. The summed E-state index contributed by atoms with van der Waals surface area (Å²) in [6, 6.07) is 0.320. The first-order valence-corrected chi connectivity index (χ1v) is 7.04. The molecule has 1 rings (SSSR count). The van der Waals surface area contributed by atoms with Gasteiger partial charge in [-0.1, -0.05) is 26.2 Å². The summed E-state index contributed by atoms with van der Waals surface area (Å²) in [6.07, 6.45) is 6.49. The summed E-state index contributed by atoms with van der Waals surface area (Å²) < 4.78 is 11.7. The average Bonchev–Trinajstić information content (AvgIpc) is 2.35. The largest absolute Gasteiger partial charge is 0.377 e. The van der Waals surface area contributed by atoms with Crippen LogP contribution in [0.25, 0.3) is 0 Å². The second kappa shape index (κ2) is 7.34. The van der Waals surface area contributed by atoms with E-state index in [9.17, 15) is 0 Å². The van der Waals surface area contributed by atoms with Crippen molar-refractivity contribution in [1.82, 2.24) is 5.32 Å². The van der Waals surface area contributed by atoms with Gasteiger partial charge in [0.2, 0.25) is 0 Å². The van der Waals surface area contributed by atoms with Crippen molar-refractivity contribution in [1.29, 1.82) is 0 Å². The van der Waals surface area contributed by atoms with Crippen LogP contribution in [-0.4, -0.2) is 38.0 Å². The number of nitrogens with one attached hydrogen (secondary N) is 1.